The number of aryl methyl sites for hydroxylation is 1. The van der Waals surface area contributed by atoms with E-state index in [1.165, 1.54) is 12.1 Å². The third kappa shape index (κ3) is 3.34. The van der Waals surface area contributed by atoms with E-state index in [1.54, 1.807) is 24.1 Å². The molecular weight excluding hydrogens is 283 g/mol. The van der Waals surface area contributed by atoms with Crippen molar-refractivity contribution in [3.8, 4) is 0 Å². The highest BCUT2D eigenvalue weighted by Gasteiger charge is 2.15. The standard InChI is InChI=1S/C12H15FN4O2S/c1-17-8-9(7-15-17)4-5-16-20(18,19)10-2-3-12(14)11(13)6-10/h2-3,6-8,16H,4-5,14H2,1H3. The van der Waals surface area contributed by atoms with Gasteiger partial charge in [0, 0.05) is 19.8 Å². The summed E-state index contributed by atoms with van der Waals surface area (Å²) in [4.78, 5) is -0.143. The van der Waals surface area contributed by atoms with Crippen LogP contribution in [0.5, 0.6) is 0 Å². The Morgan fingerprint density at radius 1 is 1.45 bits per heavy atom. The van der Waals surface area contributed by atoms with Crippen LogP contribution in [0.1, 0.15) is 5.56 Å². The van der Waals surface area contributed by atoms with E-state index in [-0.39, 0.29) is 17.1 Å². The molecule has 1 heterocycles. The van der Waals surface area contributed by atoms with Gasteiger partial charge in [-0.2, -0.15) is 5.10 Å². The Balaban J connectivity index is 2.02. The maximum atomic E-state index is 13.3. The molecule has 0 amide bonds. The van der Waals surface area contributed by atoms with E-state index < -0.39 is 15.8 Å². The van der Waals surface area contributed by atoms with Crippen LogP contribution in [0.2, 0.25) is 0 Å². The number of nitrogens with two attached hydrogens (primary N) is 1. The predicted molar refractivity (Wildman–Crippen MR) is 72.9 cm³/mol. The fraction of sp³-hybridized carbons (Fsp3) is 0.250. The highest BCUT2D eigenvalue weighted by molar-refractivity contribution is 7.89. The monoisotopic (exact) mass is 298 g/mol. The molecule has 0 aliphatic heterocycles. The lowest BCUT2D eigenvalue weighted by atomic mass is 10.3. The maximum Gasteiger partial charge on any atom is 0.240 e. The number of benzene rings is 1. The Morgan fingerprint density at radius 2 is 2.20 bits per heavy atom. The lowest BCUT2D eigenvalue weighted by Gasteiger charge is -2.07. The Morgan fingerprint density at radius 3 is 2.80 bits per heavy atom. The summed E-state index contributed by atoms with van der Waals surface area (Å²) in [7, 11) is -1.95. The molecule has 3 N–H and O–H groups in total. The smallest absolute Gasteiger partial charge is 0.240 e. The average Bonchev–Trinajstić information content (AvgIpc) is 2.78. The third-order valence-corrected chi connectivity index (χ3v) is 4.21. The van der Waals surface area contributed by atoms with Crippen LogP contribution in [0, 0.1) is 5.82 Å². The summed E-state index contributed by atoms with van der Waals surface area (Å²) < 4.78 is 41.2. The first kappa shape index (κ1) is 14.5. The number of rotatable bonds is 5. The lowest BCUT2D eigenvalue weighted by molar-refractivity contribution is 0.578. The van der Waals surface area contributed by atoms with Crippen LogP contribution in [-0.2, 0) is 23.5 Å². The first-order valence-electron chi connectivity index (χ1n) is 5.91. The van der Waals surface area contributed by atoms with Crippen LogP contribution in [0.25, 0.3) is 0 Å². The molecule has 1 aromatic heterocycles. The second-order valence-corrected chi connectivity index (χ2v) is 6.12. The van der Waals surface area contributed by atoms with Crippen LogP contribution in [-0.4, -0.2) is 24.7 Å². The third-order valence-electron chi connectivity index (χ3n) is 2.75. The number of halogens is 1. The molecule has 0 atom stereocenters. The molecule has 0 bridgehead atoms. The summed E-state index contributed by atoms with van der Waals surface area (Å²) in [5, 5.41) is 3.99. The number of nitrogens with zero attached hydrogens (tertiary/aromatic N) is 2. The molecule has 0 saturated heterocycles. The molecule has 0 fully saturated rings. The second-order valence-electron chi connectivity index (χ2n) is 4.35. The molecule has 0 aliphatic rings. The minimum absolute atomic E-state index is 0.0840. The van der Waals surface area contributed by atoms with E-state index in [9.17, 15) is 12.8 Å². The Bertz CT molecular complexity index is 712. The molecular formula is C12H15FN4O2S. The number of hydrogen-bond donors (Lipinski definition) is 2. The molecule has 0 radical (unpaired) electrons. The second kappa shape index (κ2) is 5.59. The SMILES string of the molecule is Cn1cc(CCNS(=O)(=O)c2ccc(N)c(F)c2)cn1. The van der Waals surface area contributed by atoms with Gasteiger partial charge in [0.2, 0.25) is 10.0 Å². The van der Waals surface area contributed by atoms with E-state index in [4.69, 9.17) is 5.73 Å². The highest BCUT2D eigenvalue weighted by Crippen LogP contribution is 2.16. The average molecular weight is 298 g/mol. The van der Waals surface area contributed by atoms with Crippen molar-refractivity contribution < 1.29 is 12.8 Å². The zero-order valence-electron chi connectivity index (χ0n) is 10.9. The first-order valence-corrected chi connectivity index (χ1v) is 7.39. The summed E-state index contributed by atoms with van der Waals surface area (Å²) in [5.41, 5.74) is 6.14. The van der Waals surface area contributed by atoms with Crippen molar-refractivity contribution in [2.75, 3.05) is 12.3 Å². The Labute approximate surface area is 116 Å². The normalized spacial score (nSPS) is 11.7. The van der Waals surface area contributed by atoms with Crippen molar-refractivity contribution in [3.63, 3.8) is 0 Å². The number of nitrogens with one attached hydrogen (secondary N) is 1. The number of nitrogen functional groups attached to an aromatic ring is 1. The number of hydrogen-bond acceptors (Lipinski definition) is 4. The van der Waals surface area contributed by atoms with Crippen molar-refractivity contribution in [2.24, 2.45) is 7.05 Å². The summed E-state index contributed by atoms with van der Waals surface area (Å²) in [6.07, 6.45) is 3.97. The first-order chi connectivity index (χ1) is 9.38. The lowest BCUT2D eigenvalue weighted by Crippen LogP contribution is -2.26. The molecule has 0 spiro atoms. The van der Waals surface area contributed by atoms with Crippen molar-refractivity contribution in [1.82, 2.24) is 14.5 Å². The van der Waals surface area contributed by atoms with Gasteiger partial charge in [0.05, 0.1) is 16.8 Å². The van der Waals surface area contributed by atoms with E-state index >= 15 is 0 Å². The van der Waals surface area contributed by atoms with E-state index in [2.05, 4.69) is 9.82 Å². The molecule has 6 nitrogen and oxygen atoms in total. The maximum absolute atomic E-state index is 13.3. The Kier molecular flexibility index (Phi) is 4.05. The molecule has 2 rings (SSSR count). The van der Waals surface area contributed by atoms with Crippen LogP contribution in [0.15, 0.2) is 35.5 Å². The van der Waals surface area contributed by atoms with Crippen LogP contribution in [0.3, 0.4) is 0 Å². The zero-order chi connectivity index (χ0) is 14.8. The van der Waals surface area contributed by atoms with E-state index in [0.29, 0.717) is 6.42 Å². The number of sulfonamides is 1. The van der Waals surface area contributed by atoms with Crippen molar-refractivity contribution in [3.05, 3.63) is 42.0 Å². The molecule has 108 valence electrons. The molecule has 0 saturated carbocycles. The van der Waals surface area contributed by atoms with Gasteiger partial charge in [0.15, 0.2) is 0 Å². The summed E-state index contributed by atoms with van der Waals surface area (Å²) in [5.74, 6) is -0.750. The van der Waals surface area contributed by atoms with E-state index in [1.807, 2.05) is 0 Å². The predicted octanol–water partition coefficient (Wildman–Crippen LogP) is 0.662. The van der Waals surface area contributed by atoms with Gasteiger partial charge in [-0.3, -0.25) is 4.68 Å². The van der Waals surface area contributed by atoms with Crippen LogP contribution < -0.4 is 10.5 Å². The summed E-state index contributed by atoms with van der Waals surface area (Å²) in [6.45, 7) is 0.208. The topological polar surface area (TPSA) is 90.0 Å². The molecule has 0 unspecified atom stereocenters. The van der Waals surface area contributed by atoms with Crippen LogP contribution in [0.4, 0.5) is 10.1 Å². The van der Waals surface area contributed by atoms with Gasteiger partial charge in [-0.25, -0.2) is 17.5 Å². The quantitative estimate of drug-likeness (QED) is 0.794. The van der Waals surface area contributed by atoms with Gasteiger partial charge < -0.3 is 5.73 Å². The van der Waals surface area contributed by atoms with Gasteiger partial charge in [-0.15, -0.1) is 0 Å². The van der Waals surface area contributed by atoms with Crippen molar-refractivity contribution in [2.45, 2.75) is 11.3 Å². The van der Waals surface area contributed by atoms with Crippen molar-refractivity contribution >= 4 is 15.7 Å². The molecule has 2 aromatic rings. The minimum Gasteiger partial charge on any atom is -0.396 e. The fourth-order valence-electron chi connectivity index (χ4n) is 1.69. The highest BCUT2D eigenvalue weighted by atomic mass is 32.2. The summed E-state index contributed by atoms with van der Waals surface area (Å²) >= 11 is 0. The van der Waals surface area contributed by atoms with Gasteiger partial charge in [0.1, 0.15) is 5.82 Å². The Hall–Kier alpha value is -1.93. The van der Waals surface area contributed by atoms with E-state index in [0.717, 1.165) is 11.6 Å². The molecule has 1 aromatic carbocycles. The van der Waals surface area contributed by atoms with Gasteiger partial charge in [0.25, 0.3) is 0 Å². The molecule has 0 aliphatic carbocycles. The van der Waals surface area contributed by atoms with Crippen LogP contribution >= 0.6 is 0 Å². The fourth-order valence-corrected chi connectivity index (χ4v) is 2.73. The molecule has 20 heavy (non-hydrogen) atoms. The number of anilines is 1. The number of aromatic nitrogens is 2. The van der Waals surface area contributed by atoms with Crippen molar-refractivity contribution in [1.29, 1.82) is 0 Å². The largest absolute Gasteiger partial charge is 0.396 e. The minimum atomic E-state index is -3.74. The zero-order valence-corrected chi connectivity index (χ0v) is 11.7. The van der Waals surface area contributed by atoms with Gasteiger partial charge in [-0.05, 0) is 30.2 Å². The van der Waals surface area contributed by atoms with Gasteiger partial charge in [-0.1, -0.05) is 0 Å². The van der Waals surface area contributed by atoms with Gasteiger partial charge >= 0.3 is 0 Å². The molecule has 8 heteroatoms. The summed E-state index contributed by atoms with van der Waals surface area (Å²) in [6, 6.07) is 3.40.